The number of nitro groups is 1. The highest BCUT2D eigenvalue weighted by molar-refractivity contribution is 7.91. The molecule has 1 saturated heterocycles. The Labute approximate surface area is 102 Å². The van der Waals surface area contributed by atoms with Crippen LogP contribution in [0.15, 0.2) is 6.20 Å². The average molecular weight is 273 g/mol. The van der Waals surface area contributed by atoms with E-state index in [1.807, 2.05) is 0 Å². The Morgan fingerprint density at radius 3 is 2.78 bits per heavy atom. The molecule has 1 aliphatic rings. The van der Waals surface area contributed by atoms with Crippen LogP contribution in [0.3, 0.4) is 0 Å². The van der Waals surface area contributed by atoms with Crippen LogP contribution in [0.25, 0.3) is 0 Å². The second-order valence-corrected chi connectivity index (χ2v) is 6.19. The van der Waals surface area contributed by atoms with E-state index in [1.165, 1.54) is 0 Å². The first kappa shape index (κ1) is 12.5. The van der Waals surface area contributed by atoms with Crippen molar-refractivity contribution in [1.82, 2.24) is 9.97 Å². The van der Waals surface area contributed by atoms with Gasteiger partial charge >= 0.3 is 5.69 Å². The minimum atomic E-state index is -3.00. The highest BCUT2D eigenvalue weighted by Crippen LogP contribution is 2.20. The molecular weight excluding hydrogens is 262 g/mol. The maximum atomic E-state index is 11.2. The number of nitrogen functional groups attached to an aromatic ring is 1. The molecule has 0 spiro atoms. The fourth-order valence-electron chi connectivity index (χ4n) is 1.69. The minimum absolute atomic E-state index is 0.00719. The van der Waals surface area contributed by atoms with E-state index >= 15 is 0 Å². The van der Waals surface area contributed by atoms with Gasteiger partial charge in [0, 0.05) is 6.04 Å². The number of rotatable bonds is 3. The van der Waals surface area contributed by atoms with Crippen molar-refractivity contribution in [2.75, 3.05) is 22.6 Å². The Balaban J connectivity index is 2.12. The number of hydrogen-bond acceptors (Lipinski definition) is 8. The Bertz CT molecular complexity index is 587. The van der Waals surface area contributed by atoms with E-state index in [1.54, 1.807) is 0 Å². The molecule has 0 bridgehead atoms. The molecule has 1 aliphatic heterocycles. The number of nitrogens with two attached hydrogens (primary N) is 1. The molecule has 10 heteroatoms. The zero-order chi connectivity index (χ0) is 13.3. The minimum Gasteiger partial charge on any atom is -0.378 e. The summed E-state index contributed by atoms with van der Waals surface area (Å²) >= 11 is 0. The van der Waals surface area contributed by atoms with Gasteiger partial charge in [-0.1, -0.05) is 0 Å². The third-order valence-corrected chi connectivity index (χ3v) is 4.33. The molecule has 18 heavy (non-hydrogen) atoms. The third kappa shape index (κ3) is 2.64. The highest BCUT2D eigenvalue weighted by atomic mass is 32.2. The van der Waals surface area contributed by atoms with Gasteiger partial charge in [0.2, 0.25) is 11.8 Å². The Morgan fingerprint density at radius 1 is 1.56 bits per heavy atom. The summed E-state index contributed by atoms with van der Waals surface area (Å²) in [4.78, 5) is 17.3. The lowest BCUT2D eigenvalue weighted by atomic mass is 10.3. The summed E-state index contributed by atoms with van der Waals surface area (Å²) in [5.74, 6) is -0.0287. The van der Waals surface area contributed by atoms with Crippen LogP contribution < -0.4 is 11.1 Å². The predicted molar refractivity (Wildman–Crippen MR) is 63.8 cm³/mol. The fourth-order valence-corrected chi connectivity index (χ4v) is 3.36. The highest BCUT2D eigenvalue weighted by Gasteiger charge is 2.28. The molecule has 0 unspecified atom stereocenters. The molecular formula is C8H11N5O4S. The molecule has 3 N–H and O–H groups in total. The van der Waals surface area contributed by atoms with Gasteiger partial charge in [-0.05, 0) is 6.42 Å². The molecule has 1 aromatic rings. The molecule has 2 rings (SSSR count). The number of nitrogens with one attached hydrogen (secondary N) is 1. The van der Waals surface area contributed by atoms with Crippen LogP contribution in [0.4, 0.5) is 17.5 Å². The van der Waals surface area contributed by atoms with Crippen molar-refractivity contribution in [2.45, 2.75) is 12.5 Å². The normalized spacial score (nSPS) is 21.7. The number of nitrogens with zero attached hydrogens (tertiary/aromatic N) is 3. The monoisotopic (exact) mass is 273 g/mol. The summed E-state index contributed by atoms with van der Waals surface area (Å²) in [6, 6.07) is -0.282. The Morgan fingerprint density at radius 2 is 2.28 bits per heavy atom. The van der Waals surface area contributed by atoms with Gasteiger partial charge in [-0.2, -0.15) is 4.98 Å². The second-order valence-electron chi connectivity index (χ2n) is 3.97. The number of aromatic nitrogens is 2. The van der Waals surface area contributed by atoms with E-state index in [0.29, 0.717) is 6.42 Å². The third-order valence-electron chi connectivity index (χ3n) is 2.56. The Hall–Kier alpha value is -1.97. The topological polar surface area (TPSA) is 141 Å². The summed E-state index contributed by atoms with van der Waals surface area (Å²) in [5.41, 5.74) is 5.02. The summed E-state index contributed by atoms with van der Waals surface area (Å²) < 4.78 is 22.5. The molecule has 1 fully saturated rings. The molecule has 1 atom stereocenters. The van der Waals surface area contributed by atoms with Crippen molar-refractivity contribution < 1.29 is 13.3 Å². The molecule has 0 radical (unpaired) electrons. The quantitative estimate of drug-likeness (QED) is 0.558. The average Bonchev–Trinajstić information content (AvgIpc) is 2.57. The summed E-state index contributed by atoms with van der Waals surface area (Å²) in [5, 5.41) is 13.3. The zero-order valence-corrected chi connectivity index (χ0v) is 10.1. The van der Waals surface area contributed by atoms with Crippen LogP contribution in [0.1, 0.15) is 6.42 Å². The van der Waals surface area contributed by atoms with Gasteiger partial charge in [-0.25, -0.2) is 13.4 Å². The number of anilines is 2. The fraction of sp³-hybridized carbons (Fsp3) is 0.500. The molecule has 2 heterocycles. The van der Waals surface area contributed by atoms with E-state index in [4.69, 9.17) is 5.73 Å². The predicted octanol–water partition coefficient (Wildman–Crippen LogP) is -0.434. The lowest BCUT2D eigenvalue weighted by Crippen LogP contribution is -2.22. The molecule has 0 aromatic carbocycles. The van der Waals surface area contributed by atoms with Crippen LogP contribution in [0.5, 0.6) is 0 Å². The van der Waals surface area contributed by atoms with Crippen LogP contribution in [0.2, 0.25) is 0 Å². The van der Waals surface area contributed by atoms with Crippen molar-refractivity contribution in [1.29, 1.82) is 0 Å². The molecule has 9 nitrogen and oxygen atoms in total. The van der Waals surface area contributed by atoms with Gasteiger partial charge in [0.15, 0.2) is 9.84 Å². The summed E-state index contributed by atoms with van der Waals surface area (Å²) in [6.07, 6.45) is 1.46. The lowest BCUT2D eigenvalue weighted by Gasteiger charge is -2.10. The van der Waals surface area contributed by atoms with E-state index in [-0.39, 0.29) is 35.0 Å². The van der Waals surface area contributed by atoms with E-state index in [9.17, 15) is 18.5 Å². The van der Waals surface area contributed by atoms with Gasteiger partial charge in [0.05, 0.1) is 16.4 Å². The van der Waals surface area contributed by atoms with Crippen molar-refractivity contribution in [3.05, 3.63) is 16.3 Å². The van der Waals surface area contributed by atoms with Crippen molar-refractivity contribution in [2.24, 2.45) is 0 Å². The van der Waals surface area contributed by atoms with Crippen LogP contribution >= 0.6 is 0 Å². The molecule has 0 aliphatic carbocycles. The summed E-state index contributed by atoms with van der Waals surface area (Å²) in [7, 11) is -3.00. The number of sulfone groups is 1. The molecule has 98 valence electrons. The number of hydrogen-bond donors (Lipinski definition) is 2. The second kappa shape index (κ2) is 4.37. The van der Waals surface area contributed by atoms with Crippen molar-refractivity contribution >= 4 is 27.3 Å². The first-order valence-corrected chi connectivity index (χ1v) is 6.93. The van der Waals surface area contributed by atoms with Crippen LogP contribution in [-0.2, 0) is 9.84 Å². The van der Waals surface area contributed by atoms with E-state index in [2.05, 4.69) is 15.3 Å². The van der Waals surface area contributed by atoms with Gasteiger partial charge in [-0.3, -0.25) is 10.1 Å². The first-order valence-electron chi connectivity index (χ1n) is 5.11. The van der Waals surface area contributed by atoms with Gasteiger partial charge in [0.1, 0.15) is 6.20 Å². The Kier molecular flexibility index (Phi) is 3.03. The molecule has 0 saturated carbocycles. The maximum Gasteiger partial charge on any atom is 0.329 e. The van der Waals surface area contributed by atoms with Crippen LogP contribution in [-0.4, -0.2) is 40.9 Å². The van der Waals surface area contributed by atoms with Crippen molar-refractivity contribution in [3.8, 4) is 0 Å². The van der Waals surface area contributed by atoms with Crippen LogP contribution in [0, 0.1) is 10.1 Å². The SMILES string of the molecule is Nc1nc(N[C@@H]2CCS(=O)(=O)C2)ncc1[N+](=O)[O-]. The van der Waals surface area contributed by atoms with E-state index in [0.717, 1.165) is 6.20 Å². The lowest BCUT2D eigenvalue weighted by molar-refractivity contribution is -0.384. The zero-order valence-electron chi connectivity index (χ0n) is 9.24. The van der Waals surface area contributed by atoms with E-state index < -0.39 is 14.8 Å². The van der Waals surface area contributed by atoms with Crippen molar-refractivity contribution in [3.63, 3.8) is 0 Å². The molecule has 0 amide bonds. The first-order chi connectivity index (χ1) is 8.37. The van der Waals surface area contributed by atoms with Gasteiger partial charge in [-0.15, -0.1) is 0 Å². The standard InChI is InChI=1S/C8H11N5O4S/c9-7-6(13(14)15)3-10-8(12-7)11-5-1-2-18(16,17)4-5/h3,5H,1-2,4H2,(H3,9,10,11,12)/t5-/m1/s1. The largest absolute Gasteiger partial charge is 0.378 e. The van der Waals surface area contributed by atoms with Gasteiger partial charge in [0.25, 0.3) is 0 Å². The maximum absolute atomic E-state index is 11.2. The summed E-state index contributed by atoms with van der Waals surface area (Å²) in [6.45, 7) is 0. The smallest absolute Gasteiger partial charge is 0.329 e. The van der Waals surface area contributed by atoms with Gasteiger partial charge < -0.3 is 11.1 Å². The molecule has 1 aromatic heterocycles.